The number of amides is 1. The minimum atomic E-state index is -0.890. The number of aryl methyl sites for hydroxylation is 1. The number of hydrogen-bond donors (Lipinski definition) is 2. The van der Waals surface area contributed by atoms with Gasteiger partial charge in [0.2, 0.25) is 0 Å². The van der Waals surface area contributed by atoms with E-state index >= 15 is 0 Å². The Bertz CT molecular complexity index is 765. The lowest BCUT2D eigenvalue weighted by molar-refractivity contribution is -0.137. The summed E-state index contributed by atoms with van der Waals surface area (Å²) in [7, 11) is 0. The normalized spacial score (nSPS) is 11.3. The van der Waals surface area contributed by atoms with E-state index in [9.17, 15) is 9.59 Å². The van der Waals surface area contributed by atoms with Crippen LogP contribution in [-0.4, -0.2) is 37.5 Å². The van der Waals surface area contributed by atoms with E-state index in [1.54, 1.807) is 25.5 Å². The van der Waals surface area contributed by atoms with Crippen LogP contribution >= 0.6 is 0 Å². The van der Waals surface area contributed by atoms with E-state index in [0.717, 1.165) is 11.3 Å². The summed E-state index contributed by atoms with van der Waals surface area (Å²) in [6.07, 6.45) is 0.321. The molecule has 0 bridgehead atoms. The average molecular weight is 330 g/mol. The smallest absolute Gasteiger partial charge is 0.303 e. The molecule has 0 saturated heterocycles. The van der Waals surface area contributed by atoms with Gasteiger partial charge in [-0.25, -0.2) is 4.68 Å². The van der Waals surface area contributed by atoms with Gasteiger partial charge in [-0.2, -0.15) is 0 Å². The van der Waals surface area contributed by atoms with Crippen LogP contribution in [0.5, 0.6) is 0 Å². The zero-order chi connectivity index (χ0) is 17.9. The molecule has 0 unspecified atom stereocenters. The zero-order valence-corrected chi connectivity index (χ0v) is 14.3. The van der Waals surface area contributed by atoms with Gasteiger partial charge in [-0.15, -0.1) is 5.10 Å². The van der Waals surface area contributed by atoms with Crippen molar-refractivity contribution in [3.05, 3.63) is 41.2 Å². The Morgan fingerprint density at radius 2 is 2.00 bits per heavy atom. The molecule has 2 rings (SSSR count). The molecule has 0 aliphatic carbocycles. The van der Waals surface area contributed by atoms with Gasteiger partial charge in [0.05, 0.1) is 11.4 Å². The third-order valence-electron chi connectivity index (χ3n) is 3.77. The first-order valence-electron chi connectivity index (χ1n) is 7.73. The van der Waals surface area contributed by atoms with E-state index in [1.807, 2.05) is 31.2 Å². The Balaban J connectivity index is 2.18. The average Bonchev–Trinajstić information content (AvgIpc) is 2.87. The number of hydrogen-bond acceptors (Lipinski definition) is 4. The lowest BCUT2D eigenvalue weighted by atomic mass is 9.98. The number of nitrogens with one attached hydrogen (secondary N) is 1. The molecule has 0 saturated carbocycles. The highest BCUT2D eigenvalue weighted by Crippen LogP contribution is 2.16. The molecule has 1 aromatic heterocycles. The Kier molecular flexibility index (Phi) is 5.02. The number of aliphatic carboxylic acids is 1. The second kappa shape index (κ2) is 6.82. The first-order chi connectivity index (χ1) is 11.2. The molecule has 7 nitrogen and oxygen atoms in total. The molecule has 1 amide bonds. The summed E-state index contributed by atoms with van der Waals surface area (Å²) in [5.41, 5.74) is 2.15. The highest BCUT2D eigenvalue weighted by Gasteiger charge is 2.25. The number of aromatic nitrogens is 3. The number of carboxylic acid groups (broad SMARTS) is 1. The summed E-state index contributed by atoms with van der Waals surface area (Å²) in [5.74, 6) is -1.25. The van der Waals surface area contributed by atoms with Crippen LogP contribution in [0.1, 0.15) is 48.4 Å². The van der Waals surface area contributed by atoms with Crippen molar-refractivity contribution in [1.82, 2.24) is 20.3 Å². The van der Waals surface area contributed by atoms with Gasteiger partial charge in [0.15, 0.2) is 5.69 Å². The fourth-order valence-corrected chi connectivity index (χ4v) is 2.39. The molecule has 1 aromatic carbocycles. The van der Waals surface area contributed by atoms with Crippen molar-refractivity contribution in [2.75, 3.05) is 0 Å². The van der Waals surface area contributed by atoms with E-state index < -0.39 is 11.5 Å². The maximum atomic E-state index is 12.5. The van der Waals surface area contributed by atoms with Crippen LogP contribution in [0.2, 0.25) is 0 Å². The summed E-state index contributed by atoms with van der Waals surface area (Å²) in [4.78, 5) is 23.2. The standard InChI is InChI=1S/C17H22N4O3/c1-11-6-5-7-13(10-11)21-12(2)15(19-20-21)16(24)18-17(3,4)9-8-14(22)23/h5-7,10H,8-9H2,1-4H3,(H,18,24)(H,22,23). The highest BCUT2D eigenvalue weighted by atomic mass is 16.4. The fourth-order valence-electron chi connectivity index (χ4n) is 2.39. The molecule has 0 atom stereocenters. The topological polar surface area (TPSA) is 97.1 Å². The van der Waals surface area contributed by atoms with E-state index in [-0.39, 0.29) is 18.0 Å². The Morgan fingerprint density at radius 1 is 1.29 bits per heavy atom. The van der Waals surface area contributed by atoms with Crippen molar-refractivity contribution in [2.24, 2.45) is 0 Å². The Labute approximate surface area is 140 Å². The van der Waals surface area contributed by atoms with E-state index in [4.69, 9.17) is 5.11 Å². The zero-order valence-electron chi connectivity index (χ0n) is 14.3. The largest absolute Gasteiger partial charge is 0.481 e. The summed E-state index contributed by atoms with van der Waals surface area (Å²) in [5, 5.41) is 19.7. The van der Waals surface area contributed by atoms with E-state index in [0.29, 0.717) is 12.1 Å². The van der Waals surface area contributed by atoms with Crippen LogP contribution in [0.25, 0.3) is 5.69 Å². The molecule has 0 fully saturated rings. The Hall–Kier alpha value is -2.70. The molecule has 0 spiro atoms. The SMILES string of the molecule is Cc1cccc(-n2nnc(C(=O)NC(C)(C)CCC(=O)O)c2C)c1. The molecule has 24 heavy (non-hydrogen) atoms. The molecule has 0 aliphatic rings. The summed E-state index contributed by atoms with van der Waals surface area (Å²) >= 11 is 0. The fraction of sp³-hybridized carbons (Fsp3) is 0.412. The number of benzene rings is 1. The van der Waals surface area contributed by atoms with Gasteiger partial charge < -0.3 is 10.4 Å². The minimum absolute atomic E-state index is 0.0117. The third-order valence-corrected chi connectivity index (χ3v) is 3.77. The van der Waals surface area contributed by atoms with Gasteiger partial charge in [-0.05, 0) is 51.8 Å². The van der Waals surface area contributed by atoms with Crippen molar-refractivity contribution in [3.63, 3.8) is 0 Å². The van der Waals surface area contributed by atoms with Gasteiger partial charge in [0.25, 0.3) is 5.91 Å². The van der Waals surface area contributed by atoms with Gasteiger partial charge >= 0.3 is 5.97 Å². The van der Waals surface area contributed by atoms with E-state index in [2.05, 4.69) is 15.6 Å². The van der Waals surface area contributed by atoms with Crippen molar-refractivity contribution in [3.8, 4) is 5.69 Å². The van der Waals surface area contributed by atoms with Crippen LogP contribution in [0.15, 0.2) is 24.3 Å². The molecule has 2 aromatic rings. The number of carbonyl (C=O) groups is 2. The first-order valence-corrected chi connectivity index (χ1v) is 7.73. The number of rotatable bonds is 6. The minimum Gasteiger partial charge on any atom is -0.481 e. The second-order valence-corrected chi connectivity index (χ2v) is 6.51. The highest BCUT2D eigenvalue weighted by molar-refractivity contribution is 5.93. The number of nitrogens with zero attached hydrogens (tertiary/aromatic N) is 3. The molecule has 0 radical (unpaired) electrons. The quantitative estimate of drug-likeness (QED) is 0.847. The predicted molar refractivity (Wildman–Crippen MR) is 89.2 cm³/mol. The molecule has 7 heteroatoms. The molecule has 128 valence electrons. The maximum Gasteiger partial charge on any atom is 0.303 e. The second-order valence-electron chi connectivity index (χ2n) is 6.51. The summed E-state index contributed by atoms with van der Waals surface area (Å²) < 4.78 is 1.62. The molecular weight excluding hydrogens is 308 g/mol. The first kappa shape index (κ1) is 17.7. The van der Waals surface area contributed by atoms with E-state index in [1.165, 1.54) is 0 Å². The van der Waals surface area contributed by atoms with Crippen molar-refractivity contribution < 1.29 is 14.7 Å². The van der Waals surface area contributed by atoms with Gasteiger partial charge in [-0.1, -0.05) is 17.3 Å². The lowest BCUT2D eigenvalue weighted by Crippen LogP contribution is -2.44. The Morgan fingerprint density at radius 3 is 2.62 bits per heavy atom. The molecule has 1 heterocycles. The third kappa shape index (κ3) is 4.18. The molecular formula is C17H22N4O3. The predicted octanol–water partition coefficient (Wildman–Crippen LogP) is 2.26. The van der Waals surface area contributed by atoms with Crippen LogP contribution in [0.3, 0.4) is 0 Å². The van der Waals surface area contributed by atoms with Gasteiger partial charge in [-0.3, -0.25) is 9.59 Å². The van der Waals surface area contributed by atoms with Crippen LogP contribution in [-0.2, 0) is 4.79 Å². The van der Waals surface area contributed by atoms with Crippen molar-refractivity contribution in [1.29, 1.82) is 0 Å². The summed E-state index contributed by atoms with van der Waals surface area (Å²) in [6.45, 7) is 7.33. The monoisotopic (exact) mass is 330 g/mol. The van der Waals surface area contributed by atoms with Crippen LogP contribution < -0.4 is 5.32 Å². The molecule has 2 N–H and O–H groups in total. The maximum absolute atomic E-state index is 12.5. The van der Waals surface area contributed by atoms with Gasteiger partial charge in [0, 0.05) is 12.0 Å². The van der Waals surface area contributed by atoms with Crippen molar-refractivity contribution in [2.45, 2.75) is 46.1 Å². The van der Waals surface area contributed by atoms with Gasteiger partial charge in [0.1, 0.15) is 0 Å². The van der Waals surface area contributed by atoms with Crippen molar-refractivity contribution >= 4 is 11.9 Å². The molecule has 0 aliphatic heterocycles. The van der Waals surface area contributed by atoms with Crippen LogP contribution in [0, 0.1) is 13.8 Å². The lowest BCUT2D eigenvalue weighted by Gasteiger charge is -2.25. The number of carbonyl (C=O) groups excluding carboxylic acids is 1. The van der Waals surface area contributed by atoms with Crippen LogP contribution in [0.4, 0.5) is 0 Å². The summed E-state index contributed by atoms with van der Waals surface area (Å²) in [6, 6.07) is 7.75. The number of carboxylic acids is 1.